The molecule has 0 atom stereocenters. The predicted molar refractivity (Wildman–Crippen MR) is 94.5 cm³/mol. The second kappa shape index (κ2) is 8.36. The Bertz CT molecular complexity index is 709. The van der Waals surface area contributed by atoms with E-state index >= 15 is 0 Å². The van der Waals surface area contributed by atoms with E-state index < -0.39 is 0 Å². The van der Waals surface area contributed by atoms with E-state index in [1.54, 1.807) is 24.3 Å². The summed E-state index contributed by atoms with van der Waals surface area (Å²) < 4.78 is 5.31. The molecule has 2 aromatic carbocycles. The summed E-state index contributed by atoms with van der Waals surface area (Å²) in [7, 11) is 0. The van der Waals surface area contributed by atoms with Gasteiger partial charge in [0.2, 0.25) is 5.91 Å². The van der Waals surface area contributed by atoms with Crippen molar-refractivity contribution in [2.45, 2.75) is 13.8 Å². The van der Waals surface area contributed by atoms with Crippen molar-refractivity contribution < 1.29 is 14.3 Å². The number of nitrogens with one attached hydrogen (secondary N) is 2. The van der Waals surface area contributed by atoms with Crippen LogP contribution < -0.4 is 15.4 Å². The molecule has 0 aliphatic carbocycles. The number of anilines is 1. The first-order chi connectivity index (χ1) is 11.5. The summed E-state index contributed by atoms with van der Waals surface area (Å²) >= 11 is 5.77. The standard InChI is InChI=1S/C18H19ClN2O3/c1-12-4-3-5-13(2)18(12)21-16(22)10-20-17(23)11-24-15-8-6-14(19)7-9-15/h3-9H,10-11H2,1-2H3,(H,20,23)(H,21,22). The van der Waals surface area contributed by atoms with Crippen LogP contribution in [-0.2, 0) is 9.59 Å². The number of carbonyl (C=O) groups is 2. The van der Waals surface area contributed by atoms with Crippen LogP contribution in [0.4, 0.5) is 5.69 Å². The Morgan fingerprint density at radius 3 is 2.25 bits per heavy atom. The molecule has 0 unspecified atom stereocenters. The van der Waals surface area contributed by atoms with E-state index in [4.69, 9.17) is 16.3 Å². The molecule has 0 saturated heterocycles. The Kier molecular flexibility index (Phi) is 6.21. The number of para-hydroxylation sites is 1. The number of ether oxygens (including phenoxy) is 1. The van der Waals surface area contributed by atoms with Gasteiger partial charge in [-0.2, -0.15) is 0 Å². The quantitative estimate of drug-likeness (QED) is 0.844. The number of hydrogen-bond donors (Lipinski definition) is 2. The minimum Gasteiger partial charge on any atom is -0.484 e. The summed E-state index contributed by atoms with van der Waals surface area (Å²) in [4.78, 5) is 23.7. The maximum atomic E-state index is 12.0. The molecule has 2 N–H and O–H groups in total. The van der Waals surface area contributed by atoms with Crippen molar-refractivity contribution in [3.05, 3.63) is 58.6 Å². The molecule has 24 heavy (non-hydrogen) atoms. The Morgan fingerprint density at radius 2 is 1.62 bits per heavy atom. The summed E-state index contributed by atoms with van der Waals surface area (Å²) in [5.74, 6) is -0.122. The number of amides is 2. The highest BCUT2D eigenvalue weighted by molar-refractivity contribution is 6.30. The van der Waals surface area contributed by atoms with Crippen molar-refractivity contribution in [1.29, 1.82) is 0 Å². The maximum absolute atomic E-state index is 12.0. The van der Waals surface area contributed by atoms with Crippen molar-refractivity contribution in [2.75, 3.05) is 18.5 Å². The van der Waals surface area contributed by atoms with Crippen molar-refractivity contribution in [3.8, 4) is 5.75 Å². The molecule has 0 aliphatic heterocycles. The Morgan fingerprint density at radius 1 is 1.00 bits per heavy atom. The Labute approximate surface area is 146 Å². The fourth-order valence-electron chi connectivity index (χ4n) is 2.10. The van der Waals surface area contributed by atoms with Crippen molar-refractivity contribution >= 4 is 29.1 Å². The first kappa shape index (κ1) is 17.8. The third kappa shape index (κ3) is 5.28. The highest BCUT2D eigenvalue weighted by atomic mass is 35.5. The van der Waals surface area contributed by atoms with Gasteiger partial charge in [0.05, 0.1) is 6.54 Å². The predicted octanol–water partition coefficient (Wildman–Crippen LogP) is 3.09. The maximum Gasteiger partial charge on any atom is 0.258 e. The molecule has 126 valence electrons. The fourth-order valence-corrected chi connectivity index (χ4v) is 2.23. The van der Waals surface area contributed by atoms with Gasteiger partial charge < -0.3 is 15.4 Å². The molecule has 0 saturated carbocycles. The van der Waals surface area contributed by atoms with Crippen LogP contribution in [0.3, 0.4) is 0 Å². The van der Waals surface area contributed by atoms with Crippen LogP contribution in [0, 0.1) is 13.8 Å². The van der Waals surface area contributed by atoms with Gasteiger partial charge in [0.1, 0.15) is 5.75 Å². The van der Waals surface area contributed by atoms with Crippen LogP contribution in [0.25, 0.3) is 0 Å². The lowest BCUT2D eigenvalue weighted by Crippen LogP contribution is -2.36. The third-order valence-corrected chi connectivity index (χ3v) is 3.63. The molecule has 0 heterocycles. The van der Waals surface area contributed by atoms with Gasteiger partial charge in [0.15, 0.2) is 6.61 Å². The number of carbonyl (C=O) groups excluding carboxylic acids is 2. The zero-order chi connectivity index (χ0) is 17.5. The minimum atomic E-state index is -0.374. The molecule has 6 heteroatoms. The highest BCUT2D eigenvalue weighted by Crippen LogP contribution is 2.19. The van der Waals surface area contributed by atoms with Crippen LogP contribution in [0.2, 0.25) is 5.02 Å². The van der Waals surface area contributed by atoms with Crippen molar-refractivity contribution in [3.63, 3.8) is 0 Å². The summed E-state index contributed by atoms with van der Waals surface area (Å²) in [5.41, 5.74) is 2.72. The van der Waals surface area contributed by atoms with Gasteiger partial charge in [-0.3, -0.25) is 9.59 Å². The Balaban J connectivity index is 1.77. The Hall–Kier alpha value is -2.53. The lowest BCUT2D eigenvalue weighted by Gasteiger charge is -2.12. The van der Waals surface area contributed by atoms with E-state index in [-0.39, 0.29) is 25.0 Å². The monoisotopic (exact) mass is 346 g/mol. The van der Waals surface area contributed by atoms with Crippen molar-refractivity contribution in [2.24, 2.45) is 0 Å². The smallest absolute Gasteiger partial charge is 0.258 e. The SMILES string of the molecule is Cc1cccc(C)c1NC(=O)CNC(=O)COc1ccc(Cl)cc1. The van der Waals surface area contributed by atoms with Gasteiger partial charge in [0, 0.05) is 10.7 Å². The third-order valence-electron chi connectivity index (χ3n) is 3.38. The van der Waals surface area contributed by atoms with Gasteiger partial charge in [0.25, 0.3) is 5.91 Å². The second-order valence-corrected chi connectivity index (χ2v) is 5.77. The number of aryl methyl sites for hydroxylation is 2. The van der Waals surface area contributed by atoms with Crippen LogP contribution in [0.15, 0.2) is 42.5 Å². The van der Waals surface area contributed by atoms with Crippen LogP contribution in [0.5, 0.6) is 5.75 Å². The molecule has 0 bridgehead atoms. The highest BCUT2D eigenvalue weighted by Gasteiger charge is 2.09. The first-order valence-electron chi connectivity index (χ1n) is 7.47. The number of halogens is 1. The molecule has 0 aliphatic rings. The van der Waals surface area contributed by atoms with E-state index in [0.29, 0.717) is 10.8 Å². The molecule has 0 spiro atoms. The second-order valence-electron chi connectivity index (χ2n) is 5.33. The number of benzene rings is 2. The molecular formula is C18H19ClN2O3. The molecular weight excluding hydrogens is 328 g/mol. The van der Waals surface area contributed by atoms with E-state index in [1.165, 1.54) is 0 Å². The topological polar surface area (TPSA) is 67.4 Å². The number of rotatable bonds is 6. The normalized spacial score (nSPS) is 10.1. The largest absolute Gasteiger partial charge is 0.484 e. The van der Waals surface area contributed by atoms with Gasteiger partial charge in [-0.1, -0.05) is 29.8 Å². The average Bonchev–Trinajstić information content (AvgIpc) is 2.56. The van der Waals surface area contributed by atoms with Crippen LogP contribution >= 0.6 is 11.6 Å². The van der Waals surface area contributed by atoms with E-state index in [0.717, 1.165) is 16.8 Å². The lowest BCUT2D eigenvalue weighted by molar-refractivity contribution is -0.125. The summed E-state index contributed by atoms with van der Waals surface area (Å²) in [5, 5.41) is 5.92. The van der Waals surface area contributed by atoms with Gasteiger partial charge in [-0.15, -0.1) is 0 Å². The van der Waals surface area contributed by atoms with E-state index in [2.05, 4.69) is 10.6 Å². The summed E-state index contributed by atoms with van der Waals surface area (Å²) in [6, 6.07) is 12.4. The molecule has 2 amide bonds. The van der Waals surface area contributed by atoms with Gasteiger partial charge >= 0.3 is 0 Å². The van der Waals surface area contributed by atoms with E-state index in [9.17, 15) is 9.59 Å². The molecule has 0 aromatic heterocycles. The molecule has 2 rings (SSSR count). The van der Waals surface area contributed by atoms with Crippen LogP contribution in [0.1, 0.15) is 11.1 Å². The van der Waals surface area contributed by atoms with Crippen LogP contribution in [-0.4, -0.2) is 25.0 Å². The fraction of sp³-hybridized carbons (Fsp3) is 0.222. The molecule has 2 aromatic rings. The number of hydrogen-bond acceptors (Lipinski definition) is 3. The van der Waals surface area contributed by atoms with Crippen molar-refractivity contribution in [1.82, 2.24) is 5.32 Å². The summed E-state index contributed by atoms with van der Waals surface area (Å²) in [6.07, 6.45) is 0. The van der Waals surface area contributed by atoms with Gasteiger partial charge in [-0.25, -0.2) is 0 Å². The van der Waals surface area contributed by atoms with Gasteiger partial charge in [-0.05, 0) is 49.2 Å². The zero-order valence-electron chi connectivity index (χ0n) is 13.6. The molecule has 0 fully saturated rings. The lowest BCUT2D eigenvalue weighted by atomic mass is 10.1. The first-order valence-corrected chi connectivity index (χ1v) is 7.84. The van der Waals surface area contributed by atoms with E-state index in [1.807, 2.05) is 32.0 Å². The summed E-state index contributed by atoms with van der Waals surface area (Å²) in [6.45, 7) is 3.55. The molecule has 0 radical (unpaired) electrons. The average molecular weight is 347 g/mol. The zero-order valence-corrected chi connectivity index (χ0v) is 14.3. The minimum absolute atomic E-state index is 0.114. The molecule has 5 nitrogen and oxygen atoms in total.